The van der Waals surface area contributed by atoms with Crippen molar-refractivity contribution in [3.8, 4) is 0 Å². The first-order chi connectivity index (χ1) is 0. The van der Waals surface area contributed by atoms with Gasteiger partial charge in [0.05, 0.1) is 0 Å². The number of hydrogen-bond acceptors (Lipinski definition) is 0. The van der Waals surface area contributed by atoms with Gasteiger partial charge in [-0.25, -0.2) is 0 Å². The van der Waals surface area contributed by atoms with E-state index in [1.165, 1.54) is 0 Å². The van der Waals surface area contributed by atoms with Gasteiger partial charge in [0.15, 0.2) is 0 Å². The summed E-state index contributed by atoms with van der Waals surface area (Å²) >= 11 is 0. The smallest absolute Gasteiger partial charge is 2.00 e. The van der Waals surface area contributed by atoms with Crippen molar-refractivity contribution in [2.45, 2.75) is 0 Å². The Hall–Kier alpha value is 4.58. The first-order valence-corrected chi connectivity index (χ1v) is 0. The Kier molecular flexibility index (Phi) is 259. The first kappa shape index (κ1) is 46.3. The van der Waals surface area contributed by atoms with Gasteiger partial charge in [-0.15, -0.1) is 0 Å². The zero-order chi connectivity index (χ0) is 0. The van der Waals surface area contributed by atoms with Gasteiger partial charge in [0.2, 0.25) is 0 Å². The fraction of sp³-hybridized carbons (Fsp3) is 0. The predicted octanol–water partition coefficient (Wildman–Crippen LogP) is -4.52. The van der Waals surface area contributed by atoms with Crippen molar-refractivity contribution in [1.82, 2.24) is 0 Å². The predicted molar refractivity (Wildman–Crippen MR) is 23.0 cm³/mol. The molecule has 0 aromatic heterocycles. The van der Waals surface area contributed by atoms with E-state index >= 15 is 0 Å². The van der Waals surface area contributed by atoms with E-state index in [4.69, 9.17) is 0 Å². The minimum Gasteiger partial charge on any atom is -2.00 e. The fourth-order valence-corrected chi connectivity index (χ4v) is 0. The summed E-state index contributed by atoms with van der Waals surface area (Å²) in [6, 6.07) is 0. The van der Waals surface area contributed by atoms with Crippen molar-refractivity contribution < 1.29 is 68.5 Å². The third-order valence-electron chi connectivity index (χ3n) is 0. The summed E-state index contributed by atoms with van der Waals surface area (Å²) in [6.07, 6.45) is 0. The molecule has 0 saturated carbocycles. The van der Waals surface area contributed by atoms with Crippen LogP contribution >= 0.6 is 0 Å². The van der Waals surface area contributed by atoms with Crippen LogP contribution in [0.1, 0.15) is 0 Å². The maximum atomic E-state index is 0. The van der Waals surface area contributed by atoms with E-state index in [0.29, 0.717) is 0 Å². The van der Waals surface area contributed by atoms with Crippen LogP contribution < -0.4 is 51.4 Å². The van der Waals surface area contributed by atoms with Gasteiger partial charge >= 0.3 is 94.3 Å². The van der Waals surface area contributed by atoms with Crippen molar-refractivity contribution in [3.63, 3.8) is 0 Å². The minimum atomic E-state index is 0. The molecule has 0 aliphatic carbocycles. The maximum Gasteiger partial charge on any atom is 3.00 e. The van der Waals surface area contributed by atoms with E-state index in [0.717, 1.165) is 0 Å². The fourth-order valence-electron chi connectivity index (χ4n) is 0. The van der Waals surface area contributed by atoms with E-state index in [9.17, 15) is 0 Å². The van der Waals surface area contributed by atoms with Crippen LogP contribution in [0.4, 0.5) is 0 Å². The SMILES string of the molecule is [Cu+2].[In+3].[K+].[Se-2].[Se-2].[Se-2]. The van der Waals surface area contributed by atoms with Crippen LogP contribution in [0.25, 0.3) is 0 Å². The molecule has 6 heteroatoms. The molecule has 0 N–H and O–H groups in total. The van der Waals surface area contributed by atoms with E-state index in [-0.39, 0.29) is 146 Å². The summed E-state index contributed by atoms with van der Waals surface area (Å²) in [5, 5.41) is 0. The van der Waals surface area contributed by atoms with Gasteiger partial charge < -0.3 is 51.2 Å². The summed E-state index contributed by atoms with van der Waals surface area (Å²) in [5.74, 6) is 0. The Morgan fingerprint density at radius 2 is 0.667 bits per heavy atom. The zero-order valence-electron chi connectivity index (χ0n) is 3.10. The van der Waals surface area contributed by atoms with Crippen molar-refractivity contribution in [3.05, 3.63) is 0 Å². The Bertz CT molecular complexity index is 10.8. The molecule has 0 bridgehead atoms. The molecule has 1 radical (unpaired) electrons. The summed E-state index contributed by atoms with van der Waals surface area (Å²) in [7, 11) is 0. The molecule has 0 atom stereocenters. The van der Waals surface area contributed by atoms with E-state index < -0.39 is 0 Å². The Labute approximate surface area is 142 Å². The molecule has 6 heavy (non-hydrogen) atoms. The van der Waals surface area contributed by atoms with Gasteiger partial charge in [0, 0.05) is 0 Å². The van der Waals surface area contributed by atoms with Gasteiger partial charge in [-0.3, -0.25) is 0 Å². The quantitative estimate of drug-likeness (QED) is 0.324. The molecule has 0 nitrogen and oxygen atoms in total. The molecular formula is CuInKSe3. The van der Waals surface area contributed by atoms with Crippen LogP contribution in [-0.4, -0.2) is 77.0 Å². The third kappa shape index (κ3) is 23.5. The third-order valence-corrected chi connectivity index (χ3v) is 0. The maximum absolute atomic E-state index is 0. The first-order valence-electron chi connectivity index (χ1n) is 0. The zero-order valence-corrected chi connectivity index (χ0v) is 15.6. The normalized spacial score (nSPS) is 0. The molecule has 0 rings (SSSR count). The minimum absolute atomic E-state index is 0. The van der Waals surface area contributed by atoms with Crippen LogP contribution in [0.15, 0.2) is 0 Å². The summed E-state index contributed by atoms with van der Waals surface area (Å²) in [5.41, 5.74) is 0. The molecular weight excluding hydrogens is 454 g/mol. The standard InChI is InChI=1S/Cu.In.K.3Se/q+2;+3;+1;3*-2. The number of hydrogen-bond donors (Lipinski definition) is 0. The molecule has 0 aliphatic rings. The van der Waals surface area contributed by atoms with Gasteiger partial charge in [-0.1, -0.05) is 0 Å². The summed E-state index contributed by atoms with van der Waals surface area (Å²) in [4.78, 5) is 0. The van der Waals surface area contributed by atoms with Crippen molar-refractivity contribution in [2.24, 2.45) is 0 Å². The van der Waals surface area contributed by atoms with Crippen LogP contribution in [0.2, 0.25) is 0 Å². The van der Waals surface area contributed by atoms with Gasteiger partial charge in [0.1, 0.15) is 0 Å². The number of rotatable bonds is 0. The molecule has 0 fully saturated rings. The van der Waals surface area contributed by atoms with Gasteiger partial charge in [0.25, 0.3) is 0 Å². The van der Waals surface area contributed by atoms with Crippen molar-refractivity contribution in [1.29, 1.82) is 0 Å². The van der Waals surface area contributed by atoms with Crippen LogP contribution in [0.5, 0.6) is 0 Å². The Balaban J connectivity index is 0. The second-order valence-electron chi connectivity index (χ2n) is 0. The second kappa shape index (κ2) is 33.6. The second-order valence-corrected chi connectivity index (χ2v) is 0. The van der Waals surface area contributed by atoms with E-state index in [1.54, 1.807) is 0 Å². The van der Waals surface area contributed by atoms with E-state index in [2.05, 4.69) is 0 Å². The molecule has 0 aromatic carbocycles. The largest absolute Gasteiger partial charge is 3.00 e. The Morgan fingerprint density at radius 3 is 0.667 bits per heavy atom. The average Bonchev–Trinajstić information content (AvgIpc) is 0. The molecule has 0 unspecified atom stereocenters. The molecule has 33 valence electrons. The molecule has 0 aliphatic heterocycles. The average molecular weight is 454 g/mol. The van der Waals surface area contributed by atoms with Crippen LogP contribution in [-0.2, 0) is 17.1 Å². The van der Waals surface area contributed by atoms with Crippen molar-refractivity contribution >= 4 is 77.0 Å². The topological polar surface area (TPSA) is 0 Å². The van der Waals surface area contributed by atoms with Crippen LogP contribution in [0.3, 0.4) is 0 Å². The molecule has 0 heterocycles. The van der Waals surface area contributed by atoms with Crippen molar-refractivity contribution in [2.75, 3.05) is 0 Å². The summed E-state index contributed by atoms with van der Waals surface area (Å²) < 4.78 is 0. The summed E-state index contributed by atoms with van der Waals surface area (Å²) in [6.45, 7) is 0. The van der Waals surface area contributed by atoms with Gasteiger partial charge in [-0.05, 0) is 0 Å². The molecule has 0 spiro atoms. The molecule has 0 aromatic rings. The molecule has 0 amide bonds. The molecule has 0 saturated heterocycles. The van der Waals surface area contributed by atoms with Gasteiger partial charge in [-0.2, -0.15) is 0 Å². The Morgan fingerprint density at radius 1 is 0.667 bits per heavy atom. The monoisotopic (exact) mass is 457 g/mol. The van der Waals surface area contributed by atoms with E-state index in [1.807, 2.05) is 0 Å². The van der Waals surface area contributed by atoms with Crippen LogP contribution in [0, 0.1) is 0 Å².